The van der Waals surface area contributed by atoms with Crippen LogP contribution in [0.25, 0.3) is 10.8 Å². The highest BCUT2D eigenvalue weighted by molar-refractivity contribution is 7.18. The molecule has 3 rings (SSSR count). The van der Waals surface area contributed by atoms with E-state index < -0.39 is 11.7 Å². The number of furan rings is 1. The Balaban J connectivity index is 1.57. The van der Waals surface area contributed by atoms with Crippen LogP contribution in [0.5, 0.6) is 5.75 Å². The minimum absolute atomic E-state index is 0.0196. The summed E-state index contributed by atoms with van der Waals surface area (Å²) in [5.41, 5.74) is 0. The molecule has 1 amide bonds. The van der Waals surface area contributed by atoms with Gasteiger partial charge in [0.05, 0.1) is 6.26 Å². The van der Waals surface area contributed by atoms with Crippen LogP contribution in [0, 0.1) is 5.82 Å². The predicted molar refractivity (Wildman–Crippen MR) is 78.1 cm³/mol. The number of ether oxygens (including phenoxy) is 1. The Bertz CT molecular complexity index is 773. The van der Waals surface area contributed by atoms with E-state index in [2.05, 4.69) is 15.5 Å². The van der Waals surface area contributed by atoms with Crippen LogP contribution in [0.3, 0.4) is 0 Å². The maximum atomic E-state index is 13.3. The van der Waals surface area contributed by atoms with Crippen LogP contribution in [0.2, 0.25) is 0 Å². The maximum absolute atomic E-state index is 13.3. The minimum Gasteiger partial charge on any atom is -0.481 e. The molecule has 1 aromatic carbocycles. The zero-order valence-corrected chi connectivity index (χ0v) is 12.0. The smallest absolute Gasteiger partial charge is 0.264 e. The molecule has 0 saturated carbocycles. The summed E-state index contributed by atoms with van der Waals surface area (Å²) in [6, 6.07) is 9.34. The lowest BCUT2D eigenvalue weighted by molar-refractivity contribution is -0.118. The number of hydrogen-bond acceptors (Lipinski definition) is 6. The molecule has 0 bridgehead atoms. The Morgan fingerprint density at radius 3 is 2.91 bits per heavy atom. The van der Waals surface area contributed by atoms with Gasteiger partial charge in [0, 0.05) is 0 Å². The number of benzene rings is 1. The van der Waals surface area contributed by atoms with E-state index in [1.54, 1.807) is 24.3 Å². The van der Waals surface area contributed by atoms with Crippen molar-refractivity contribution in [1.82, 2.24) is 10.2 Å². The number of nitrogens with one attached hydrogen (secondary N) is 1. The molecule has 1 N–H and O–H groups in total. The Morgan fingerprint density at radius 1 is 1.27 bits per heavy atom. The molecule has 0 aliphatic carbocycles. The zero-order chi connectivity index (χ0) is 15.4. The van der Waals surface area contributed by atoms with Gasteiger partial charge in [-0.3, -0.25) is 10.1 Å². The van der Waals surface area contributed by atoms with Gasteiger partial charge in [-0.2, -0.15) is 0 Å². The molecule has 3 aromatic rings. The molecule has 0 aliphatic heterocycles. The van der Waals surface area contributed by atoms with Gasteiger partial charge in [0.15, 0.2) is 28.9 Å². The Kier molecular flexibility index (Phi) is 4.10. The predicted octanol–water partition coefficient (Wildman–Crippen LogP) is 2.95. The Labute approximate surface area is 128 Å². The first-order valence-corrected chi connectivity index (χ1v) is 7.08. The van der Waals surface area contributed by atoms with E-state index in [9.17, 15) is 9.18 Å². The van der Waals surface area contributed by atoms with Crippen LogP contribution >= 0.6 is 11.3 Å². The molecule has 0 radical (unpaired) electrons. The topological polar surface area (TPSA) is 77.2 Å². The number of halogens is 1. The van der Waals surface area contributed by atoms with Crippen LogP contribution in [0.4, 0.5) is 9.52 Å². The number of para-hydroxylation sites is 1. The lowest BCUT2D eigenvalue weighted by Crippen LogP contribution is -2.20. The Morgan fingerprint density at radius 2 is 2.14 bits per heavy atom. The number of carbonyl (C=O) groups excluding carboxylic acids is 1. The van der Waals surface area contributed by atoms with Crippen molar-refractivity contribution in [3.63, 3.8) is 0 Å². The lowest BCUT2D eigenvalue weighted by atomic mass is 10.3. The first-order chi connectivity index (χ1) is 10.7. The van der Waals surface area contributed by atoms with Crippen molar-refractivity contribution in [2.75, 3.05) is 11.9 Å². The normalized spacial score (nSPS) is 10.4. The molecule has 0 unspecified atom stereocenters. The van der Waals surface area contributed by atoms with Gasteiger partial charge >= 0.3 is 0 Å². The molecular weight excluding hydrogens is 309 g/mol. The average Bonchev–Trinajstić information content (AvgIpc) is 3.17. The van der Waals surface area contributed by atoms with Crippen LogP contribution in [-0.2, 0) is 4.79 Å². The molecule has 0 saturated heterocycles. The molecule has 2 aromatic heterocycles. The summed E-state index contributed by atoms with van der Waals surface area (Å²) in [5, 5.41) is 11.1. The van der Waals surface area contributed by atoms with Gasteiger partial charge in [-0.1, -0.05) is 23.5 Å². The average molecular weight is 319 g/mol. The monoisotopic (exact) mass is 319 g/mol. The van der Waals surface area contributed by atoms with Gasteiger partial charge in [0.1, 0.15) is 0 Å². The van der Waals surface area contributed by atoms with Gasteiger partial charge in [-0.25, -0.2) is 4.39 Å². The standard InChI is InChI=1S/C14H10FN3O3S/c15-9-4-1-2-5-10(9)21-8-12(19)16-14-18-17-13(22-14)11-6-3-7-20-11/h1-7H,8H2,(H,16,18,19). The van der Waals surface area contributed by atoms with E-state index in [4.69, 9.17) is 9.15 Å². The van der Waals surface area contributed by atoms with E-state index in [-0.39, 0.29) is 12.4 Å². The van der Waals surface area contributed by atoms with E-state index in [0.717, 1.165) is 0 Å². The molecule has 0 fully saturated rings. The second kappa shape index (κ2) is 6.35. The fourth-order valence-electron chi connectivity index (χ4n) is 1.63. The van der Waals surface area contributed by atoms with Crippen LogP contribution in [0.15, 0.2) is 47.1 Å². The van der Waals surface area contributed by atoms with Crippen LogP contribution in [0.1, 0.15) is 0 Å². The lowest BCUT2D eigenvalue weighted by Gasteiger charge is -2.05. The number of anilines is 1. The van der Waals surface area contributed by atoms with E-state index >= 15 is 0 Å². The van der Waals surface area contributed by atoms with Crippen molar-refractivity contribution in [2.45, 2.75) is 0 Å². The number of hydrogen-bond donors (Lipinski definition) is 1. The second-order valence-electron chi connectivity index (χ2n) is 4.16. The third-order valence-corrected chi connectivity index (χ3v) is 3.45. The van der Waals surface area contributed by atoms with Crippen molar-refractivity contribution in [3.05, 3.63) is 48.5 Å². The van der Waals surface area contributed by atoms with Gasteiger partial charge in [-0.15, -0.1) is 10.2 Å². The highest BCUT2D eigenvalue weighted by Gasteiger charge is 2.12. The van der Waals surface area contributed by atoms with Gasteiger partial charge < -0.3 is 9.15 Å². The second-order valence-corrected chi connectivity index (χ2v) is 5.13. The number of amides is 1. The molecule has 8 heteroatoms. The summed E-state index contributed by atoms with van der Waals surface area (Å²) >= 11 is 1.17. The summed E-state index contributed by atoms with van der Waals surface area (Å²) < 4.78 is 23.6. The summed E-state index contributed by atoms with van der Waals surface area (Å²) in [7, 11) is 0. The molecule has 0 spiro atoms. The maximum Gasteiger partial charge on any atom is 0.264 e. The van der Waals surface area contributed by atoms with Crippen LogP contribution in [-0.4, -0.2) is 22.7 Å². The van der Waals surface area contributed by atoms with Crippen molar-refractivity contribution in [3.8, 4) is 16.5 Å². The fraction of sp³-hybridized carbons (Fsp3) is 0.0714. The van der Waals surface area contributed by atoms with Crippen molar-refractivity contribution >= 4 is 22.4 Å². The third-order valence-electron chi connectivity index (χ3n) is 2.60. The molecule has 112 valence electrons. The van der Waals surface area contributed by atoms with Crippen LogP contribution < -0.4 is 10.1 Å². The highest BCUT2D eigenvalue weighted by atomic mass is 32.1. The van der Waals surface area contributed by atoms with E-state index in [0.29, 0.717) is 15.9 Å². The molecule has 0 aliphatic rings. The summed E-state index contributed by atoms with van der Waals surface area (Å²) in [6.07, 6.45) is 1.53. The molecule has 22 heavy (non-hydrogen) atoms. The SMILES string of the molecule is O=C(COc1ccccc1F)Nc1nnc(-c2ccco2)s1. The van der Waals surface area contributed by atoms with Crippen molar-refractivity contribution < 1.29 is 18.3 Å². The number of rotatable bonds is 5. The summed E-state index contributed by atoms with van der Waals surface area (Å²) in [6.45, 7) is -0.323. The van der Waals surface area contributed by atoms with Crippen molar-refractivity contribution in [2.24, 2.45) is 0 Å². The zero-order valence-electron chi connectivity index (χ0n) is 11.2. The van der Waals surface area contributed by atoms with E-state index in [1.807, 2.05) is 0 Å². The third kappa shape index (κ3) is 3.29. The van der Waals surface area contributed by atoms with Gasteiger partial charge in [-0.05, 0) is 24.3 Å². The summed E-state index contributed by atoms with van der Waals surface area (Å²) in [4.78, 5) is 11.7. The first kappa shape index (κ1) is 14.2. The van der Waals surface area contributed by atoms with E-state index in [1.165, 1.54) is 29.7 Å². The number of carbonyl (C=O) groups is 1. The highest BCUT2D eigenvalue weighted by Crippen LogP contribution is 2.26. The number of nitrogens with zero attached hydrogens (tertiary/aromatic N) is 2. The van der Waals surface area contributed by atoms with Crippen molar-refractivity contribution in [1.29, 1.82) is 0 Å². The largest absolute Gasteiger partial charge is 0.481 e. The quantitative estimate of drug-likeness (QED) is 0.782. The van der Waals surface area contributed by atoms with Gasteiger partial charge in [0.2, 0.25) is 5.13 Å². The number of aromatic nitrogens is 2. The first-order valence-electron chi connectivity index (χ1n) is 6.27. The summed E-state index contributed by atoms with van der Waals surface area (Å²) in [5.74, 6) is -0.386. The molecule has 0 atom stereocenters. The fourth-order valence-corrected chi connectivity index (χ4v) is 2.36. The molecule has 6 nitrogen and oxygen atoms in total. The van der Waals surface area contributed by atoms with Gasteiger partial charge in [0.25, 0.3) is 5.91 Å². The molecule has 2 heterocycles. The Hall–Kier alpha value is -2.74. The molecular formula is C14H10FN3O3S. The minimum atomic E-state index is -0.522.